The van der Waals surface area contributed by atoms with Gasteiger partial charge in [-0.05, 0) is 31.2 Å². The van der Waals surface area contributed by atoms with Crippen LogP contribution in [0.15, 0.2) is 39.6 Å². The van der Waals surface area contributed by atoms with Crippen LogP contribution in [0.25, 0.3) is 0 Å². The highest BCUT2D eigenvalue weighted by Gasteiger charge is 2.29. The third-order valence-electron chi connectivity index (χ3n) is 2.01. The van der Waals surface area contributed by atoms with Crippen LogP contribution in [0.4, 0.5) is 5.69 Å². The number of hydrogen-bond acceptors (Lipinski definition) is 5. The van der Waals surface area contributed by atoms with E-state index in [2.05, 4.69) is 20.2 Å². The fourth-order valence-electron chi connectivity index (χ4n) is 1.15. The topological polar surface area (TPSA) is 63.4 Å². The van der Waals surface area contributed by atoms with E-state index in [1.54, 1.807) is 31.2 Å². The predicted octanol–water partition coefficient (Wildman–Crippen LogP) is 2.73. The summed E-state index contributed by atoms with van der Waals surface area (Å²) in [5, 5.41) is 11.9. The maximum atomic E-state index is 11.1. The first kappa shape index (κ1) is 10.8. The summed E-state index contributed by atoms with van der Waals surface area (Å²) in [6, 6.07) is 6.08. The number of halogens is 1. The molecule has 1 aromatic carbocycles. The summed E-state index contributed by atoms with van der Waals surface area (Å²) < 4.78 is 0. The molecule has 2 rings (SSSR count). The highest BCUT2D eigenvalue weighted by atomic mass is 35.5. The molecule has 82 valence electrons. The molecule has 1 aromatic rings. The zero-order chi connectivity index (χ0) is 11.5. The van der Waals surface area contributed by atoms with Crippen LogP contribution in [-0.2, 0) is 9.63 Å². The zero-order valence-corrected chi connectivity index (χ0v) is 9.18. The summed E-state index contributed by atoms with van der Waals surface area (Å²) in [5.74, 6) is -0.504. The third kappa shape index (κ3) is 2.25. The molecule has 1 aliphatic heterocycles. The van der Waals surface area contributed by atoms with Crippen molar-refractivity contribution in [2.24, 2.45) is 15.4 Å². The monoisotopic (exact) mass is 237 g/mol. The highest BCUT2D eigenvalue weighted by Crippen LogP contribution is 2.18. The first-order valence-corrected chi connectivity index (χ1v) is 4.96. The van der Waals surface area contributed by atoms with Crippen molar-refractivity contribution in [1.29, 1.82) is 0 Å². The van der Waals surface area contributed by atoms with Gasteiger partial charge in [-0.3, -0.25) is 0 Å². The van der Waals surface area contributed by atoms with Crippen molar-refractivity contribution < 1.29 is 9.63 Å². The van der Waals surface area contributed by atoms with Crippen molar-refractivity contribution in [2.75, 3.05) is 0 Å². The van der Waals surface area contributed by atoms with Crippen molar-refractivity contribution in [3.8, 4) is 0 Å². The number of azo groups is 1. The molecule has 0 amide bonds. The molecule has 0 bridgehead atoms. The van der Waals surface area contributed by atoms with Gasteiger partial charge in [0.1, 0.15) is 0 Å². The molecule has 0 fully saturated rings. The average Bonchev–Trinajstić information content (AvgIpc) is 2.59. The lowest BCUT2D eigenvalue weighted by Gasteiger charge is -1.97. The van der Waals surface area contributed by atoms with E-state index >= 15 is 0 Å². The fraction of sp³-hybridized carbons (Fsp3) is 0.200. The second-order valence-corrected chi connectivity index (χ2v) is 3.67. The van der Waals surface area contributed by atoms with Gasteiger partial charge in [0.15, 0.2) is 0 Å². The molecule has 0 saturated carbocycles. The van der Waals surface area contributed by atoms with E-state index in [1.807, 2.05) is 0 Å². The smallest absolute Gasteiger partial charge is 0.315 e. The largest absolute Gasteiger partial charge is 0.367 e. The van der Waals surface area contributed by atoms with Gasteiger partial charge in [-0.15, -0.1) is 0 Å². The molecule has 6 heteroatoms. The maximum absolute atomic E-state index is 11.1. The zero-order valence-electron chi connectivity index (χ0n) is 8.42. The molecular formula is C10H8ClN3O2. The minimum atomic E-state index is -0.726. The lowest BCUT2D eigenvalue weighted by atomic mass is 10.2. The Morgan fingerprint density at radius 3 is 2.62 bits per heavy atom. The van der Waals surface area contributed by atoms with E-state index in [0.29, 0.717) is 16.4 Å². The molecule has 0 N–H and O–H groups in total. The molecule has 0 aliphatic carbocycles. The molecule has 16 heavy (non-hydrogen) atoms. The van der Waals surface area contributed by atoms with Crippen molar-refractivity contribution in [3.05, 3.63) is 29.3 Å². The molecular weight excluding hydrogens is 230 g/mol. The highest BCUT2D eigenvalue weighted by molar-refractivity contribution is 6.30. The summed E-state index contributed by atoms with van der Waals surface area (Å²) in [6.45, 7) is 1.66. The van der Waals surface area contributed by atoms with Crippen LogP contribution < -0.4 is 0 Å². The van der Waals surface area contributed by atoms with Gasteiger partial charge in [0.2, 0.25) is 6.04 Å². The molecule has 1 atom stereocenters. The lowest BCUT2D eigenvalue weighted by Crippen LogP contribution is -2.19. The fourth-order valence-corrected chi connectivity index (χ4v) is 1.28. The third-order valence-corrected chi connectivity index (χ3v) is 2.27. The Hall–Kier alpha value is -1.75. The number of carbonyl (C=O) groups is 1. The lowest BCUT2D eigenvalue weighted by molar-refractivity contribution is -0.141. The molecule has 0 unspecified atom stereocenters. The maximum Gasteiger partial charge on any atom is 0.367 e. The van der Waals surface area contributed by atoms with Crippen molar-refractivity contribution >= 4 is 29.0 Å². The van der Waals surface area contributed by atoms with Crippen LogP contribution in [0.2, 0.25) is 5.02 Å². The summed E-state index contributed by atoms with van der Waals surface area (Å²) >= 11 is 5.72. The molecule has 0 aromatic heterocycles. The summed E-state index contributed by atoms with van der Waals surface area (Å²) in [5.41, 5.74) is 1.12. The van der Waals surface area contributed by atoms with Gasteiger partial charge in [-0.1, -0.05) is 16.8 Å². The van der Waals surface area contributed by atoms with E-state index in [4.69, 9.17) is 11.6 Å². The van der Waals surface area contributed by atoms with Crippen LogP contribution in [0, 0.1) is 0 Å². The first-order chi connectivity index (χ1) is 7.66. The average molecular weight is 238 g/mol. The normalized spacial score (nSPS) is 20.0. The second-order valence-electron chi connectivity index (χ2n) is 3.24. The molecule has 5 nitrogen and oxygen atoms in total. The number of rotatable bonds is 2. The SMILES string of the molecule is CC1=NOC(=O)[C@@H]1N=Nc1ccc(Cl)cc1. The number of benzene rings is 1. The van der Waals surface area contributed by atoms with Gasteiger partial charge >= 0.3 is 5.97 Å². The van der Waals surface area contributed by atoms with Crippen molar-refractivity contribution in [1.82, 2.24) is 0 Å². The van der Waals surface area contributed by atoms with Crippen LogP contribution in [0.5, 0.6) is 0 Å². The Morgan fingerprint density at radius 2 is 2.06 bits per heavy atom. The Morgan fingerprint density at radius 1 is 1.38 bits per heavy atom. The van der Waals surface area contributed by atoms with Gasteiger partial charge in [0.25, 0.3) is 0 Å². The Kier molecular flexibility index (Phi) is 2.96. The van der Waals surface area contributed by atoms with Crippen LogP contribution in [0.1, 0.15) is 6.92 Å². The van der Waals surface area contributed by atoms with Gasteiger partial charge in [-0.25, -0.2) is 4.79 Å². The van der Waals surface area contributed by atoms with E-state index in [1.165, 1.54) is 0 Å². The van der Waals surface area contributed by atoms with Gasteiger partial charge in [0, 0.05) is 5.02 Å². The number of nitrogens with zero attached hydrogens (tertiary/aromatic N) is 3. The van der Waals surface area contributed by atoms with Gasteiger partial charge < -0.3 is 4.84 Å². The number of carbonyl (C=O) groups excluding carboxylic acids is 1. The number of oxime groups is 1. The Balaban J connectivity index is 2.12. The van der Waals surface area contributed by atoms with E-state index < -0.39 is 12.0 Å². The minimum Gasteiger partial charge on any atom is -0.315 e. The number of hydrogen-bond donors (Lipinski definition) is 0. The van der Waals surface area contributed by atoms with Crippen LogP contribution >= 0.6 is 11.6 Å². The quantitative estimate of drug-likeness (QED) is 0.586. The van der Waals surface area contributed by atoms with Crippen LogP contribution in [-0.4, -0.2) is 17.7 Å². The second kappa shape index (κ2) is 4.40. The van der Waals surface area contributed by atoms with Gasteiger partial charge in [0.05, 0.1) is 11.4 Å². The molecule has 0 saturated heterocycles. The standard InChI is InChI=1S/C10H8ClN3O2/c1-6-9(10(15)16-14-6)13-12-8-4-2-7(11)3-5-8/h2-5,9H,1H3/t9-/m1/s1. The molecule has 0 radical (unpaired) electrons. The van der Waals surface area contributed by atoms with Crippen LogP contribution in [0.3, 0.4) is 0 Å². The van der Waals surface area contributed by atoms with Crippen molar-refractivity contribution in [2.45, 2.75) is 13.0 Å². The first-order valence-electron chi connectivity index (χ1n) is 4.58. The Labute approximate surface area is 96.8 Å². The van der Waals surface area contributed by atoms with E-state index in [-0.39, 0.29) is 0 Å². The minimum absolute atomic E-state index is 0.503. The summed E-state index contributed by atoms with van der Waals surface area (Å²) in [6.07, 6.45) is 0. The van der Waals surface area contributed by atoms with Crippen molar-refractivity contribution in [3.63, 3.8) is 0 Å². The van der Waals surface area contributed by atoms with E-state index in [0.717, 1.165) is 0 Å². The Bertz CT molecular complexity index is 467. The summed E-state index contributed by atoms with van der Waals surface area (Å²) in [4.78, 5) is 15.6. The molecule has 1 aliphatic rings. The molecule has 0 spiro atoms. The predicted molar refractivity (Wildman–Crippen MR) is 59.0 cm³/mol. The molecule has 1 heterocycles. The van der Waals surface area contributed by atoms with E-state index in [9.17, 15) is 4.79 Å². The summed E-state index contributed by atoms with van der Waals surface area (Å²) in [7, 11) is 0. The van der Waals surface area contributed by atoms with Gasteiger partial charge in [-0.2, -0.15) is 10.2 Å².